The molecule has 0 spiro atoms. The Labute approximate surface area is 135 Å². The molecule has 1 aliphatic rings. The van der Waals surface area contributed by atoms with Gasteiger partial charge in [0.15, 0.2) is 0 Å². The summed E-state index contributed by atoms with van der Waals surface area (Å²) in [6, 6.07) is 14.6. The van der Waals surface area contributed by atoms with Gasteiger partial charge in [-0.15, -0.1) is 0 Å². The molecule has 0 N–H and O–H groups in total. The number of hydrogen-bond acceptors (Lipinski definition) is 4. The maximum Gasteiger partial charge on any atom is 0.101 e. The van der Waals surface area contributed by atoms with Gasteiger partial charge in [-0.2, -0.15) is 0 Å². The van der Waals surface area contributed by atoms with E-state index in [1.54, 1.807) is 11.9 Å². The van der Waals surface area contributed by atoms with E-state index < -0.39 is 0 Å². The van der Waals surface area contributed by atoms with E-state index in [0.29, 0.717) is 0 Å². The Bertz CT molecular complexity index is 642. The lowest BCUT2D eigenvalue weighted by molar-refractivity contribution is 0.899. The van der Waals surface area contributed by atoms with Gasteiger partial charge in [-0.1, -0.05) is 11.6 Å². The van der Waals surface area contributed by atoms with Gasteiger partial charge in [0, 0.05) is 37.5 Å². The second-order valence-electron chi connectivity index (χ2n) is 5.33. The van der Waals surface area contributed by atoms with Gasteiger partial charge in [0.2, 0.25) is 0 Å². The second kappa shape index (κ2) is 5.70. The average Bonchev–Trinajstić information content (AvgIpc) is 2.47. The summed E-state index contributed by atoms with van der Waals surface area (Å²) in [5, 5.41) is 0.769. The first kappa shape index (κ1) is 14.4. The van der Waals surface area contributed by atoms with Crippen molar-refractivity contribution in [2.24, 2.45) is 0 Å². The second-order valence-corrected chi connectivity index (χ2v) is 6.83. The topological polar surface area (TPSA) is 9.72 Å². The molecule has 1 heterocycles. The summed E-state index contributed by atoms with van der Waals surface area (Å²) in [7, 11) is 6.26. The molecule has 3 nitrogen and oxygen atoms in total. The van der Waals surface area contributed by atoms with Crippen molar-refractivity contribution in [3.05, 3.63) is 47.5 Å². The van der Waals surface area contributed by atoms with Crippen molar-refractivity contribution < 1.29 is 0 Å². The molecule has 21 heavy (non-hydrogen) atoms. The smallest absolute Gasteiger partial charge is 0.101 e. The lowest BCUT2D eigenvalue weighted by Gasteiger charge is -2.36. The predicted octanol–water partition coefficient (Wildman–Crippen LogP) is 4.33. The third kappa shape index (κ3) is 2.92. The van der Waals surface area contributed by atoms with Gasteiger partial charge in [0.05, 0.1) is 10.6 Å². The molecule has 0 radical (unpaired) electrons. The van der Waals surface area contributed by atoms with Crippen LogP contribution in [0.2, 0.25) is 5.02 Å². The zero-order valence-electron chi connectivity index (χ0n) is 12.4. The fourth-order valence-corrected chi connectivity index (χ4v) is 3.58. The van der Waals surface area contributed by atoms with Gasteiger partial charge in [0.25, 0.3) is 0 Å². The zero-order chi connectivity index (χ0) is 15.0. The normalized spacial score (nSPS) is 14.1. The molecule has 0 unspecified atom stereocenters. The van der Waals surface area contributed by atoms with Crippen molar-refractivity contribution in [2.45, 2.75) is 4.90 Å². The van der Waals surface area contributed by atoms with Crippen molar-refractivity contribution in [1.29, 1.82) is 0 Å². The van der Waals surface area contributed by atoms with Gasteiger partial charge >= 0.3 is 0 Å². The van der Waals surface area contributed by atoms with E-state index in [9.17, 15) is 0 Å². The van der Waals surface area contributed by atoms with Gasteiger partial charge in [-0.05, 0) is 54.4 Å². The van der Waals surface area contributed by atoms with Crippen LogP contribution in [-0.2, 0) is 0 Å². The van der Waals surface area contributed by atoms with Crippen molar-refractivity contribution in [1.82, 2.24) is 0 Å². The molecule has 110 valence electrons. The number of hydrogen-bond donors (Lipinski definition) is 0. The molecular formula is C16H18ClN3S. The van der Waals surface area contributed by atoms with Crippen molar-refractivity contribution in [2.75, 3.05) is 41.9 Å². The first-order valence-corrected chi connectivity index (χ1v) is 7.93. The molecule has 0 fully saturated rings. The number of anilines is 3. The zero-order valence-corrected chi connectivity index (χ0v) is 13.9. The highest BCUT2D eigenvalue weighted by Gasteiger charge is 2.22. The summed E-state index contributed by atoms with van der Waals surface area (Å²) < 4.78 is 2.27. The van der Waals surface area contributed by atoms with E-state index in [2.05, 4.69) is 65.6 Å². The first-order valence-electron chi connectivity index (χ1n) is 6.78. The van der Waals surface area contributed by atoms with Crippen LogP contribution < -0.4 is 14.1 Å². The molecule has 2 aromatic rings. The Morgan fingerprint density at radius 3 is 2.48 bits per heavy atom. The highest BCUT2D eigenvalue weighted by molar-refractivity contribution is 8.00. The molecule has 5 heteroatoms. The maximum atomic E-state index is 5.97. The molecule has 0 amide bonds. The van der Waals surface area contributed by atoms with Gasteiger partial charge in [-0.25, -0.2) is 0 Å². The monoisotopic (exact) mass is 319 g/mol. The third-order valence-corrected chi connectivity index (χ3v) is 4.87. The Kier molecular flexibility index (Phi) is 3.91. The van der Waals surface area contributed by atoms with Crippen molar-refractivity contribution >= 4 is 40.6 Å². The van der Waals surface area contributed by atoms with Crippen molar-refractivity contribution in [3.63, 3.8) is 0 Å². The quantitative estimate of drug-likeness (QED) is 0.762. The lowest BCUT2D eigenvalue weighted by Crippen LogP contribution is -2.35. The van der Waals surface area contributed by atoms with Gasteiger partial charge in [-0.3, -0.25) is 4.31 Å². The molecule has 0 aromatic heterocycles. The van der Waals surface area contributed by atoms with Crippen molar-refractivity contribution in [3.8, 4) is 0 Å². The molecule has 0 saturated carbocycles. The van der Waals surface area contributed by atoms with Crippen LogP contribution in [0.4, 0.5) is 17.1 Å². The molecular weight excluding hydrogens is 302 g/mol. The summed E-state index contributed by atoms with van der Waals surface area (Å²) in [5.74, 6) is 0. The van der Waals surface area contributed by atoms with Crippen LogP contribution in [0.5, 0.6) is 0 Å². The fraction of sp³-hybridized carbons (Fsp3) is 0.250. The largest absolute Gasteiger partial charge is 0.378 e. The highest BCUT2D eigenvalue weighted by atomic mass is 35.5. The first-order chi connectivity index (χ1) is 10.0. The van der Waals surface area contributed by atoms with E-state index in [-0.39, 0.29) is 0 Å². The fourth-order valence-electron chi connectivity index (χ4n) is 2.32. The van der Waals surface area contributed by atoms with Crippen LogP contribution in [0.15, 0.2) is 47.4 Å². The summed E-state index contributed by atoms with van der Waals surface area (Å²) >= 11 is 7.74. The number of benzene rings is 2. The van der Waals surface area contributed by atoms with Crippen LogP contribution in [0.3, 0.4) is 0 Å². The maximum absolute atomic E-state index is 5.97. The molecule has 1 aliphatic heterocycles. The Hall–Kier alpha value is -1.52. The Morgan fingerprint density at radius 2 is 1.81 bits per heavy atom. The van der Waals surface area contributed by atoms with E-state index in [1.807, 2.05) is 12.1 Å². The minimum Gasteiger partial charge on any atom is -0.378 e. The number of rotatable bonds is 2. The minimum atomic E-state index is 0.769. The molecule has 0 aliphatic carbocycles. The molecule has 0 saturated heterocycles. The van der Waals surface area contributed by atoms with E-state index in [1.165, 1.54) is 22.0 Å². The van der Waals surface area contributed by atoms with E-state index in [4.69, 9.17) is 11.6 Å². The Morgan fingerprint density at radius 1 is 1.10 bits per heavy atom. The van der Waals surface area contributed by atoms with Gasteiger partial charge < -0.3 is 9.80 Å². The molecule has 3 rings (SSSR count). The summed E-state index contributed by atoms with van der Waals surface area (Å²) in [4.78, 5) is 5.67. The molecule has 0 atom stereocenters. The lowest BCUT2D eigenvalue weighted by atomic mass is 10.2. The number of halogens is 1. The molecule has 2 aromatic carbocycles. The molecule has 0 bridgehead atoms. The van der Waals surface area contributed by atoms with Crippen LogP contribution >= 0.6 is 23.5 Å². The number of nitrogens with zero attached hydrogens (tertiary/aromatic N) is 3. The highest BCUT2D eigenvalue weighted by Crippen LogP contribution is 2.41. The average molecular weight is 320 g/mol. The summed E-state index contributed by atoms with van der Waals surface area (Å²) in [5.41, 5.74) is 3.66. The van der Waals surface area contributed by atoms with Crippen LogP contribution in [0.1, 0.15) is 0 Å². The third-order valence-electron chi connectivity index (χ3n) is 3.53. The van der Waals surface area contributed by atoms with Crippen LogP contribution in [0, 0.1) is 0 Å². The minimum absolute atomic E-state index is 0.769. The van der Waals surface area contributed by atoms with Crippen LogP contribution in [-0.4, -0.2) is 27.8 Å². The van der Waals surface area contributed by atoms with E-state index in [0.717, 1.165) is 11.7 Å². The standard InChI is InChI=1S/C16H18ClN3S/c1-18(2)14-8-9-16-15(10-14)19(3)11-20(21-16)13-6-4-12(17)5-7-13/h4-10H,11H2,1-3H3. The summed E-state index contributed by atoms with van der Waals surface area (Å²) in [6.07, 6.45) is 0. The Balaban J connectivity index is 1.90. The van der Waals surface area contributed by atoms with Crippen LogP contribution in [0.25, 0.3) is 0 Å². The summed E-state index contributed by atoms with van der Waals surface area (Å²) in [6.45, 7) is 0.843. The van der Waals surface area contributed by atoms with Gasteiger partial charge in [0.1, 0.15) is 6.67 Å². The predicted molar refractivity (Wildman–Crippen MR) is 93.8 cm³/mol. The SMILES string of the molecule is CN(C)c1ccc2c(c1)N(C)CN(c1ccc(Cl)cc1)S2. The number of fused-ring (bicyclic) bond motifs is 1. The van der Waals surface area contributed by atoms with E-state index >= 15 is 0 Å².